The van der Waals surface area contributed by atoms with Crippen LogP contribution in [0.1, 0.15) is 10.4 Å². The molecule has 96 valence electrons. The minimum Gasteiger partial charge on any atom is -0.362 e. The summed E-state index contributed by atoms with van der Waals surface area (Å²) in [7, 11) is 0. The number of carbonyl (C=O) groups excluding carboxylic acids is 1. The molecule has 0 atom stereocenters. The van der Waals surface area contributed by atoms with Crippen LogP contribution in [0.3, 0.4) is 0 Å². The lowest BCUT2D eigenvalue weighted by molar-refractivity contribution is 0.104. The molecule has 0 fully saturated rings. The summed E-state index contributed by atoms with van der Waals surface area (Å²) < 4.78 is 0.981. The Balaban J connectivity index is 1.99. The Morgan fingerprint density at radius 2 is 1.89 bits per heavy atom. The lowest BCUT2D eigenvalue weighted by Gasteiger charge is -2.00. The normalized spacial score (nSPS) is 10.6. The molecule has 0 aliphatic heterocycles. The molecule has 2 aromatic rings. The standard InChI is InChI=1S/C15H11BrClNO/c16-12-2-1-3-14(10-12)18-9-8-15(19)11-4-6-13(17)7-5-11/h1-10,18H. The SMILES string of the molecule is O=C(C=CNc1cccc(Br)c1)c1ccc(Cl)cc1. The molecule has 19 heavy (non-hydrogen) atoms. The van der Waals surface area contributed by atoms with Crippen LogP contribution >= 0.6 is 27.5 Å². The van der Waals surface area contributed by atoms with Crippen LogP contribution in [0.4, 0.5) is 5.69 Å². The third-order valence-electron chi connectivity index (χ3n) is 2.44. The van der Waals surface area contributed by atoms with E-state index >= 15 is 0 Å². The van der Waals surface area contributed by atoms with Crippen LogP contribution in [0.15, 0.2) is 65.3 Å². The highest BCUT2D eigenvalue weighted by molar-refractivity contribution is 9.10. The van der Waals surface area contributed by atoms with Crippen molar-refractivity contribution >= 4 is 39.0 Å². The van der Waals surface area contributed by atoms with Gasteiger partial charge in [0, 0.05) is 33.0 Å². The van der Waals surface area contributed by atoms with E-state index < -0.39 is 0 Å². The van der Waals surface area contributed by atoms with Crippen LogP contribution in [0.2, 0.25) is 5.02 Å². The van der Waals surface area contributed by atoms with Gasteiger partial charge in [-0.25, -0.2) is 0 Å². The molecule has 0 unspecified atom stereocenters. The first kappa shape index (κ1) is 13.8. The van der Waals surface area contributed by atoms with Crippen LogP contribution in [0.25, 0.3) is 0 Å². The van der Waals surface area contributed by atoms with Crippen LogP contribution in [0, 0.1) is 0 Å². The second-order valence-electron chi connectivity index (χ2n) is 3.86. The van der Waals surface area contributed by atoms with Gasteiger partial charge in [-0.15, -0.1) is 0 Å². The fourth-order valence-electron chi connectivity index (χ4n) is 1.50. The van der Waals surface area contributed by atoms with Gasteiger partial charge in [0.05, 0.1) is 0 Å². The summed E-state index contributed by atoms with van der Waals surface area (Å²) in [5.74, 6) is -0.0702. The van der Waals surface area contributed by atoms with Gasteiger partial charge in [-0.1, -0.05) is 33.6 Å². The molecule has 2 nitrogen and oxygen atoms in total. The molecule has 2 rings (SSSR count). The van der Waals surface area contributed by atoms with Crippen molar-refractivity contribution < 1.29 is 4.79 Å². The first-order valence-corrected chi connectivity index (χ1v) is 6.81. The van der Waals surface area contributed by atoms with Gasteiger partial charge in [0.15, 0.2) is 5.78 Å². The van der Waals surface area contributed by atoms with Crippen LogP contribution in [-0.2, 0) is 0 Å². The third kappa shape index (κ3) is 4.23. The lowest BCUT2D eigenvalue weighted by Crippen LogP contribution is -1.95. The fourth-order valence-corrected chi connectivity index (χ4v) is 2.03. The van der Waals surface area contributed by atoms with Crippen LogP contribution < -0.4 is 5.32 Å². The van der Waals surface area contributed by atoms with E-state index in [1.807, 2.05) is 24.3 Å². The van der Waals surface area contributed by atoms with Gasteiger partial charge < -0.3 is 5.32 Å². The van der Waals surface area contributed by atoms with Gasteiger partial charge >= 0.3 is 0 Å². The van der Waals surface area contributed by atoms with Crippen LogP contribution in [0.5, 0.6) is 0 Å². The van der Waals surface area contributed by atoms with E-state index in [-0.39, 0.29) is 5.78 Å². The summed E-state index contributed by atoms with van der Waals surface area (Å²) in [6.07, 6.45) is 3.11. The smallest absolute Gasteiger partial charge is 0.187 e. The summed E-state index contributed by atoms with van der Waals surface area (Å²) in [4.78, 5) is 11.8. The minimum absolute atomic E-state index is 0.0702. The molecule has 0 amide bonds. The van der Waals surface area contributed by atoms with Gasteiger partial charge in [-0.2, -0.15) is 0 Å². The van der Waals surface area contributed by atoms with Gasteiger partial charge in [-0.3, -0.25) is 4.79 Å². The first-order valence-electron chi connectivity index (χ1n) is 5.64. The largest absolute Gasteiger partial charge is 0.362 e. The Bertz CT molecular complexity index is 608. The molecule has 0 saturated carbocycles. The minimum atomic E-state index is -0.0702. The van der Waals surface area contributed by atoms with E-state index in [0.717, 1.165) is 10.2 Å². The fraction of sp³-hybridized carbons (Fsp3) is 0. The summed E-state index contributed by atoms with van der Waals surface area (Å²) in [5, 5.41) is 3.66. The monoisotopic (exact) mass is 335 g/mol. The predicted octanol–water partition coefficient (Wildman–Crippen LogP) is 4.91. The van der Waals surface area contributed by atoms with Crippen molar-refractivity contribution in [3.8, 4) is 0 Å². The van der Waals surface area contributed by atoms with Crippen LogP contribution in [-0.4, -0.2) is 5.78 Å². The zero-order valence-corrected chi connectivity index (χ0v) is 12.3. The number of carbonyl (C=O) groups is 1. The molecule has 0 bridgehead atoms. The number of hydrogen-bond donors (Lipinski definition) is 1. The molecule has 2 aromatic carbocycles. The Kier molecular flexibility index (Phi) is 4.77. The van der Waals surface area contributed by atoms with Gasteiger partial charge in [-0.05, 0) is 42.5 Å². The maximum absolute atomic E-state index is 11.8. The number of allylic oxidation sites excluding steroid dienone is 1. The molecule has 0 aromatic heterocycles. The highest BCUT2D eigenvalue weighted by Crippen LogP contribution is 2.15. The van der Waals surface area contributed by atoms with E-state index in [0.29, 0.717) is 10.6 Å². The molecule has 0 spiro atoms. The van der Waals surface area contributed by atoms with Crippen molar-refractivity contribution in [2.24, 2.45) is 0 Å². The Labute approximate surface area is 125 Å². The zero-order valence-electron chi connectivity index (χ0n) is 9.94. The highest BCUT2D eigenvalue weighted by atomic mass is 79.9. The molecule has 0 aliphatic rings. The average molecular weight is 337 g/mol. The van der Waals surface area contributed by atoms with Crippen molar-refractivity contribution in [3.63, 3.8) is 0 Å². The number of rotatable bonds is 4. The molecule has 0 radical (unpaired) electrons. The number of benzene rings is 2. The molecule has 0 aliphatic carbocycles. The van der Waals surface area contributed by atoms with E-state index in [4.69, 9.17) is 11.6 Å². The second kappa shape index (κ2) is 6.55. The van der Waals surface area contributed by atoms with E-state index in [2.05, 4.69) is 21.2 Å². The topological polar surface area (TPSA) is 29.1 Å². The Morgan fingerprint density at radius 3 is 2.58 bits per heavy atom. The molecular weight excluding hydrogens is 326 g/mol. The van der Waals surface area contributed by atoms with Crippen molar-refractivity contribution in [2.75, 3.05) is 5.32 Å². The number of anilines is 1. The van der Waals surface area contributed by atoms with Gasteiger partial charge in [0.1, 0.15) is 0 Å². The molecule has 0 saturated heterocycles. The highest BCUT2D eigenvalue weighted by Gasteiger charge is 2.00. The summed E-state index contributed by atoms with van der Waals surface area (Å²) in [6.45, 7) is 0. The number of hydrogen-bond acceptors (Lipinski definition) is 2. The summed E-state index contributed by atoms with van der Waals surface area (Å²) in [5.41, 5.74) is 1.52. The zero-order chi connectivity index (χ0) is 13.7. The van der Waals surface area contributed by atoms with Crippen molar-refractivity contribution in [3.05, 3.63) is 75.9 Å². The maximum Gasteiger partial charge on any atom is 0.187 e. The van der Waals surface area contributed by atoms with Gasteiger partial charge in [0.2, 0.25) is 0 Å². The molecular formula is C15H11BrClNO. The Hall–Kier alpha value is -1.58. The molecule has 0 heterocycles. The van der Waals surface area contributed by atoms with Crippen molar-refractivity contribution in [2.45, 2.75) is 0 Å². The van der Waals surface area contributed by atoms with E-state index in [9.17, 15) is 4.79 Å². The quantitative estimate of drug-likeness (QED) is 0.635. The van der Waals surface area contributed by atoms with Gasteiger partial charge in [0.25, 0.3) is 0 Å². The maximum atomic E-state index is 11.8. The number of ketones is 1. The lowest BCUT2D eigenvalue weighted by atomic mass is 10.1. The number of nitrogens with one attached hydrogen (secondary N) is 1. The molecule has 1 N–H and O–H groups in total. The number of halogens is 2. The van der Waals surface area contributed by atoms with E-state index in [1.54, 1.807) is 30.5 Å². The third-order valence-corrected chi connectivity index (χ3v) is 3.18. The van der Waals surface area contributed by atoms with Crippen molar-refractivity contribution in [1.82, 2.24) is 0 Å². The average Bonchev–Trinajstić information content (AvgIpc) is 2.39. The van der Waals surface area contributed by atoms with Crippen molar-refractivity contribution in [1.29, 1.82) is 0 Å². The predicted molar refractivity (Wildman–Crippen MR) is 82.7 cm³/mol. The first-order chi connectivity index (χ1) is 9.15. The molecule has 4 heteroatoms. The Morgan fingerprint density at radius 1 is 1.16 bits per heavy atom. The van der Waals surface area contributed by atoms with E-state index in [1.165, 1.54) is 6.08 Å². The summed E-state index contributed by atoms with van der Waals surface area (Å²) >= 11 is 9.15. The second-order valence-corrected chi connectivity index (χ2v) is 5.21. The summed E-state index contributed by atoms with van der Waals surface area (Å²) in [6, 6.07) is 14.5.